The third kappa shape index (κ3) is 3.60. The first-order chi connectivity index (χ1) is 13.2. The number of likely N-dealkylation sites (tertiary alicyclic amines) is 1. The second kappa shape index (κ2) is 7.75. The largest absolute Gasteiger partial charge is 0.302 e. The number of carbonyl (C=O) groups excluding carboxylic acids is 2. The Bertz CT molecular complexity index is 798. The standard InChI is InChI=1S/C19H23N5O2S/c1-2-9-23-11-14(17(25)21-19-20-8-10-27-19)16-15(12-23)18(26)24(22-16)13-6-4-3-5-7-13/h3-8,10,14-16,22H,2,9,11-12H2,1H3,(H,20,21,25). The van der Waals surface area contributed by atoms with E-state index in [2.05, 4.69) is 27.6 Å². The minimum Gasteiger partial charge on any atom is -0.302 e. The third-order valence-electron chi connectivity index (χ3n) is 5.15. The van der Waals surface area contributed by atoms with Crippen molar-refractivity contribution in [1.82, 2.24) is 15.3 Å². The number of fused-ring (bicyclic) bond motifs is 1. The van der Waals surface area contributed by atoms with Crippen LogP contribution in [0.4, 0.5) is 10.8 Å². The molecule has 0 aliphatic carbocycles. The molecule has 2 fully saturated rings. The lowest BCUT2D eigenvalue weighted by Crippen LogP contribution is -2.56. The molecule has 0 spiro atoms. The zero-order valence-corrected chi connectivity index (χ0v) is 16.0. The number of hydrogen-bond donors (Lipinski definition) is 2. The molecule has 142 valence electrons. The van der Waals surface area contributed by atoms with E-state index < -0.39 is 0 Å². The number of nitrogens with zero attached hydrogens (tertiary/aromatic N) is 3. The summed E-state index contributed by atoms with van der Waals surface area (Å²) < 4.78 is 0. The van der Waals surface area contributed by atoms with E-state index in [0.717, 1.165) is 18.7 Å². The van der Waals surface area contributed by atoms with E-state index in [1.54, 1.807) is 11.2 Å². The van der Waals surface area contributed by atoms with Gasteiger partial charge in [-0.1, -0.05) is 25.1 Å². The van der Waals surface area contributed by atoms with Gasteiger partial charge in [0.15, 0.2) is 5.13 Å². The van der Waals surface area contributed by atoms with Gasteiger partial charge < -0.3 is 10.2 Å². The van der Waals surface area contributed by atoms with Gasteiger partial charge in [-0.2, -0.15) is 0 Å². The molecule has 2 amide bonds. The molecule has 1 aromatic carbocycles. The van der Waals surface area contributed by atoms with Crippen molar-refractivity contribution in [3.63, 3.8) is 0 Å². The van der Waals surface area contributed by atoms with Crippen molar-refractivity contribution in [2.45, 2.75) is 19.4 Å². The first-order valence-electron chi connectivity index (χ1n) is 9.25. The molecule has 7 nitrogen and oxygen atoms in total. The van der Waals surface area contributed by atoms with Crippen molar-refractivity contribution >= 4 is 34.0 Å². The van der Waals surface area contributed by atoms with Crippen LogP contribution in [0.15, 0.2) is 41.9 Å². The molecule has 0 bridgehead atoms. The van der Waals surface area contributed by atoms with E-state index in [9.17, 15) is 9.59 Å². The highest BCUT2D eigenvalue weighted by molar-refractivity contribution is 7.13. The van der Waals surface area contributed by atoms with Gasteiger partial charge in [0, 0.05) is 24.7 Å². The summed E-state index contributed by atoms with van der Waals surface area (Å²) in [5, 5.41) is 6.94. The number of anilines is 2. The molecule has 27 heavy (non-hydrogen) atoms. The molecule has 4 rings (SSSR count). The summed E-state index contributed by atoms with van der Waals surface area (Å²) in [6.07, 6.45) is 2.66. The molecular weight excluding hydrogens is 362 g/mol. The van der Waals surface area contributed by atoms with E-state index in [1.165, 1.54) is 11.3 Å². The minimum atomic E-state index is -0.322. The van der Waals surface area contributed by atoms with E-state index in [-0.39, 0.29) is 29.7 Å². The van der Waals surface area contributed by atoms with Crippen LogP contribution >= 0.6 is 11.3 Å². The summed E-state index contributed by atoms with van der Waals surface area (Å²) in [7, 11) is 0. The van der Waals surface area contributed by atoms with E-state index in [4.69, 9.17) is 0 Å². The number of nitrogens with one attached hydrogen (secondary N) is 2. The lowest BCUT2D eigenvalue weighted by molar-refractivity contribution is -0.126. The first-order valence-corrected chi connectivity index (χ1v) is 10.1. The van der Waals surface area contributed by atoms with Crippen LogP contribution in [0.5, 0.6) is 0 Å². The SMILES string of the molecule is CCCN1CC(C(=O)Nc2nccs2)C2NN(c3ccccc3)C(=O)C2C1. The number of carbonyl (C=O) groups is 2. The summed E-state index contributed by atoms with van der Waals surface area (Å²) in [5.74, 6) is -0.621. The Morgan fingerprint density at radius 1 is 1.33 bits per heavy atom. The molecule has 1 aromatic heterocycles. The van der Waals surface area contributed by atoms with Gasteiger partial charge in [0.1, 0.15) is 0 Å². The highest BCUT2D eigenvalue weighted by atomic mass is 32.1. The maximum atomic E-state index is 13.1. The smallest absolute Gasteiger partial charge is 0.247 e. The van der Waals surface area contributed by atoms with Gasteiger partial charge in [0.05, 0.1) is 23.6 Å². The lowest BCUT2D eigenvalue weighted by Gasteiger charge is -2.38. The Hall–Kier alpha value is -2.29. The zero-order valence-electron chi connectivity index (χ0n) is 15.2. The highest BCUT2D eigenvalue weighted by Gasteiger charge is 2.50. The fourth-order valence-corrected chi connectivity index (χ4v) is 4.47. The lowest BCUT2D eigenvalue weighted by atomic mass is 9.84. The van der Waals surface area contributed by atoms with Crippen molar-refractivity contribution in [2.75, 3.05) is 30.0 Å². The normalized spacial score (nSPS) is 25.4. The van der Waals surface area contributed by atoms with Gasteiger partial charge in [-0.25, -0.2) is 15.4 Å². The van der Waals surface area contributed by atoms with Crippen molar-refractivity contribution in [1.29, 1.82) is 0 Å². The van der Waals surface area contributed by atoms with Gasteiger partial charge in [0.2, 0.25) is 11.8 Å². The van der Waals surface area contributed by atoms with Crippen molar-refractivity contribution in [3.8, 4) is 0 Å². The molecule has 2 aromatic rings. The van der Waals surface area contributed by atoms with Crippen molar-refractivity contribution in [2.24, 2.45) is 11.8 Å². The fraction of sp³-hybridized carbons (Fsp3) is 0.421. The van der Waals surface area contributed by atoms with Crippen LogP contribution in [0.3, 0.4) is 0 Å². The Labute approximate surface area is 162 Å². The number of amides is 2. The summed E-state index contributed by atoms with van der Waals surface area (Å²) in [6.45, 7) is 4.30. The molecule has 2 N–H and O–H groups in total. The van der Waals surface area contributed by atoms with Crippen LogP contribution < -0.4 is 15.8 Å². The quantitative estimate of drug-likeness (QED) is 0.823. The van der Waals surface area contributed by atoms with E-state index in [1.807, 2.05) is 35.7 Å². The average Bonchev–Trinajstić information content (AvgIpc) is 3.30. The predicted molar refractivity (Wildman–Crippen MR) is 105 cm³/mol. The molecule has 2 aliphatic rings. The Morgan fingerprint density at radius 3 is 2.85 bits per heavy atom. The van der Waals surface area contributed by atoms with Crippen LogP contribution in [0.2, 0.25) is 0 Å². The van der Waals surface area contributed by atoms with Gasteiger partial charge in [0.25, 0.3) is 0 Å². The zero-order chi connectivity index (χ0) is 18.8. The Balaban J connectivity index is 1.58. The van der Waals surface area contributed by atoms with Gasteiger partial charge in [-0.3, -0.25) is 9.59 Å². The second-order valence-electron chi connectivity index (χ2n) is 6.96. The fourth-order valence-electron chi connectivity index (χ4n) is 3.94. The maximum Gasteiger partial charge on any atom is 0.247 e. The second-order valence-corrected chi connectivity index (χ2v) is 7.86. The number of thiazole rings is 1. The molecule has 0 saturated carbocycles. The molecular formula is C19H23N5O2S. The predicted octanol–water partition coefficient (Wildman–Crippen LogP) is 1.96. The molecule has 3 unspecified atom stereocenters. The number of hydrogen-bond acceptors (Lipinski definition) is 6. The van der Waals surface area contributed by atoms with E-state index >= 15 is 0 Å². The van der Waals surface area contributed by atoms with Gasteiger partial charge in [-0.15, -0.1) is 11.3 Å². The van der Waals surface area contributed by atoms with Crippen LogP contribution in [0.1, 0.15) is 13.3 Å². The number of para-hydroxylation sites is 1. The number of piperidine rings is 1. The topological polar surface area (TPSA) is 77.6 Å². The van der Waals surface area contributed by atoms with Crippen LogP contribution in [0, 0.1) is 11.8 Å². The summed E-state index contributed by atoms with van der Waals surface area (Å²) >= 11 is 1.40. The molecule has 2 aliphatic heterocycles. The molecule has 2 saturated heterocycles. The van der Waals surface area contributed by atoms with Gasteiger partial charge >= 0.3 is 0 Å². The van der Waals surface area contributed by atoms with Crippen molar-refractivity contribution < 1.29 is 9.59 Å². The summed E-state index contributed by atoms with van der Waals surface area (Å²) in [4.78, 5) is 32.4. The number of rotatable bonds is 5. The molecule has 3 atom stereocenters. The van der Waals surface area contributed by atoms with Crippen LogP contribution in [-0.2, 0) is 9.59 Å². The maximum absolute atomic E-state index is 13.1. The van der Waals surface area contributed by atoms with Crippen LogP contribution in [0.25, 0.3) is 0 Å². The third-order valence-corrected chi connectivity index (χ3v) is 5.83. The molecule has 3 heterocycles. The molecule has 8 heteroatoms. The average molecular weight is 385 g/mol. The first kappa shape index (κ1) is 18.1. The number of aromatic nitrogens is 1. The van der Waals surface area contributed by atoms with Crippen molar-refractivity contribution in [3.05, 3.63) is 41.9 Å². The number of benzene rings is 1. The summed E-state index contributed by atoms with van der Waals surface area (Å²) in [6, 6.07) is 9.31. The van der Waals surface area contributed by atoms with Gasteiger partial charge in [-0.05, 0) is 25.1 Å². The van der Waals surface area contributed by atoms with Crippen LogP contribution in [-0.4, -0.2) is 47.4 Å². The van der Waals surface area contributed by atoms with E-state index in [0.29, 0.717) is 18.2 Å². The summed E-state index contributed by atoms with van der Waals surface area (Å²) in [5.41, 5.74) is 4.12. The minimum absolute atomic E-state index is 0.0269. The monoisotopic (exact) mass is 385 g/mol. The number of hydrazine groups is 1. The highest BCUT2D eigenvalue weighted by Crippen LogP contribution is 2.32. The Kier molecular flexibility index (Phi) is 5.20. The molecule has 0 radical (unpaired) electrons. The Morgan fingerprint density at radius 2 is 2.15 bits per heavy atom.